The summed E-state index contributed by atoms with van der Waals surface area (Å²) in [6.07, 6.45) is 1.28. The average molecular weight is 475 g/mol. The number of carbonyl (C=O) groups is 2. The molecule has 4 aromatic rings. The number of aryl methyl sites for hydroxylation is 1. The highest BCUT2D eigenvalue weighted by atomic mass is 32.2. The second-order valence-corrected chi connectivity index (χ2v) is 8.80. The number of fused-ring (bicyclic) bond motifs is 1. The zero-order chi connectivity index (χ0) is 23.8. The summed E-state index contributed by atoms with van der Waals surface area (Å²) >= 11 is 1.36. The first-order chi connectivity index (χ1) is 16.6. The average Bonchev–Trinajstić information content (AvgIpc) is 3.26. The van der Waals surface area contributed by atoms with Gasteiger partial charge in [0, 0.05) is 25.1 Å². The van der Waals surface area contributed by atoms with E-state index in [1.807, 2.05) is 61.5 Å². The molecular formula is C25H26N6O2S. The number of carbonyl (C=O) groups excluding carboxylic acids is 2. The van der Waals surface area contributed by atoms with E-state index in [2.05, 4.69) is 25.9 Å². The van der Waals surface area contributed by atoms with Gasteiger partial charge in [-0.3, -0.25) is 9.59 Å². The van der Waals surface area contributed by atoms with Crippen molar-refractivity contribution in [3.63, 3.8) is 0 Å². The summed E-state index contributed by atoms with van der Waals surface area (Å²) in [7, 11) is 0. The van der Waals surface area contributed by atoms with Crippen LogP contribution >= 0.6 is 11.8 Å². The number of nitrogens with one attached hydrogen (secondary N) is 2. The van der Waals surface area contributed by atoms with Crippen molar-refractivity contribution in [2.24, 2.45) is 0 Å². The molecule has 0 radical (unpaired) electrons. The third-order valence-corrected chi connectivity index (χ3v) is 6.10. The molecule has 0 unspecified atom stereocenters. The summed E-state index contributed by atoms with van der Waals surface area (Å²) in [4.78, 5) is 24.5. The quantitative estimate of drug-likeness (QED) is 0.343. The van der Waals surface area contributed by atoms with Crippen LogP contribution in [0.3, 0.4) is 0 Å². The summed E-state index contributed by atoms with van der Waals surface area (Å²) < 4.78 is 1.66. The van der Waals surface area contributed by atoms with Gasteiger partial charge >= 0.3 is 0 Å². The largest absolute Gasteiger partial charge is 0.355 e. The van der Waals surface area contributed by atoms with E-state index in [9.17, 15) is 9.59 Å². The molecule has 0 bridgehead atoms. The van der Waals surface area contributed by atoms with Gasteiger partial charge in [-0.05, 0) is 43.2 Å². The summed E-state index contributed by atoms with van der Waals surface area (Å²) in [5.41, 5.74) is 3.54. The zero-order valence-electron chi connectivity index (χ0n) is 18.9. The van der Waals surface area contributed by atoms with Gasteiger partial charge in [-0.1, -0.05) is 59.8 Å². The van der Waals surface area contributed by atoms with E-state index in [-0.39, 0.29) is 17.6 Å². The number of nitrogens with zero attached hydrogens (tertiary/aromatic N) is 4. The van der Waals surface area contributed by atoms with Gasteiger partial charge in [0.05, 0.1) is 5.75 Å². The minimum atomic E-state index is -0.128. The van der Waals surface area contributed by atoms with Crippen LogP contribution in [0.15, 0.2) is 71.8 Å². The molecule has 174 valence electrons. The summed E-state index contributed by atoms with van der Waals surface area (Å²) in [6, 6.07) is 21.1. The summed E-state index contributed by atoms with van der Waals surface area (Å²) in [5.74, 6) is 0.757. The third-order valence-electron chi connectivity index (χ3n) is 5.18. The van der Waals surface area contributed by atoms with Crippen molar-refractivity contribution in [2.75, 3.05) is 18.8 Å². The van der Waals surface area contributed by atoms with E-state index in [0.29, 0.717) is 41.6 Å². The first-order valence-corrected chi connectivity index (χ1v) is 12.1. The monoisotopic (exact) mass is 474 g/mol. The Bertz CT molecular complexity index is 1260. The van der Waals surface area contributed by atoms with Crippen molar-refractivity contribution in [3.8, 4) is 0 Å². The molecule has 2 heterocycles. The molecule has 0 fully saturated rings. The van der Waals surface area contributed by atoms with Crippen LogP contribution in [0.5, 0.6) is 0 Å². The van der Waals surface area contributed by atoms with Gasteiger partial charge in [0.1, 0.15) is 5.03 Å². The van der Waals surface area contributed by atoms with Crippen molar-refractivity contribution < 1.29 is 9.59 Å². The molecule has 4 rings (SSSR count). The molecule has 0 spiro atoms. The van der Waals surface area contributed by atoms with Crippen LogP contribution in [0.4, 0.5) is 0 Å². The number of hydrogen-bond donors (Lipinski definition) is 2. The second-order valence-electron chi connectivity index (χ2n) is 7.80. The van der Waals surface area contributed by atoms with E-state index in [4.69, 9.17) is 0 Å². The first-order valence-electron chi connectivity index (χ1n) is 11.1. The molecule has 2 amide bonds. The number of hydrogen-bond acceptors (Lipinski definition) is 6. The maximum Gasteiger partial charge on any atom is 0.251 e. The predicted molar refractivity (Wildman–Crippen MR) is 132 cm³/mol. The molecule has 2 aromatic heterocycles. The molecule has 34 heavy (non-hydrogen) atoms. The van der Waals surface area contributed by atoms with Crippen LogP contribution in [0.2, 0.25) is 0 Å². The Morgan fingerprint density at radius 3 is 2.44 bits per heavy atom. The topological polar surface area (TPSA) is 101 Å². The van der Waals surface area contributed by atoms with Crippen molar-refractivity contribution in [2.45, 2.75) is 24.8 Å². The Hall–Kier alpha value is -3.72. The maximum absolute atomic E-state index is 12.3. The van der Waals surface area contributed by atoms with Crippen molar-refractivity contribution >= 4 is 29.2 Å². The molecule has 0 aliphatic heterocycles. The Labute approximate surface area is 202 Å². The highest BCUT2D eigenvalue weighted by Gasteiger charge is 2.11. The lowest BCUT2D eigenvalue weighted by Crippen LogP contribution is -2.27. The van der Waals surface area contributed by atoms with Crippen LogP contribution in [0.1, 0.15) is 27.3 Å². The molecule has 9 heteroatoms. The number of thioether (sulfide) groups is 1. The maximum atomic E-state index is 12.3. The van der Waals surface area contributed by atoms with Gasteiger partial charge in [0.2, 0.25) is 5.91 Å². The smallest absolute Gasteiger partial charge is 0.251 e. The minimum Gasteiger partial charge on any atom is -0.355 e. The van der Waals surface area contributed by atoms with E-state index in [0.717, 1.165) is 12.0 Å². The Morgan fingerprint density at radius 2 is 1.65 bits per heavy atom. The fourth-order valence-corrected chi connectivity index (χ4v) is 4.01. The standard InChI is InChI=1S/C25H26N6O2S/c1-18-7-9-20(10-8-18)25(33)27-16-14-22-29-28-21-11-12-24(30-31(21)22)34-17-23(32)26-15-13-19-5-3-2-4-6-19/h2-12H,13-17H2,1H3,(H,26,32)(H,27,33). The Morgan fingerprint density at radius 1 is 0.882 bits per heavy atom. The third kappa shape index (κ3) is 6.41. The highest BCUT2D eigenvalue weighted by molar-refractivity contribution is 7.99. The van der Waals surface area contributed by atoms with Crippen molar-refractivity contribution in [3.05, 3.63) is 89.2 Å². The number of benzene rings is 2. The van der Waals surface area contributed by atoms with Gasteiger partial charge in [-0.2, -0.15) is 9.61 Å². The van der Waals surface area contributed by atoms with Crippen LogP contribution in [0.25, 0.3) is 5.65 Å². The Kier molecular flexibility index (Phi) is 7.87. The van der Waals surface area contributed by atoms with Crippen LogP contribution in [-0.2, 0) is 17.6 Å². The first kappa shape index (κ1) is 23.4. The lowest BCUT2D eigenvalue weighted by atomic mass is 10.1. The summed E-state index contributed by atoms with van der Waals surface area (Å²) in [5, 5.41) is 19.4. The molecule has 0 atom stereocenters. The number of rotatable bonds is 10. The molecule has 0 aliphatic carbocycles. The van der Waals surface area contributed by atoms with E-state index >= 15 is 0 Å². The lowest BCUT2D eigenvalue weighted by Gasteiger charge is -2.06. The molecule has 0 saturated heterocycles. The van der Waals surface area contributed by atoms with E-state index in [1.165, 1.54) is 17.3 Å². The van der Waals surface area contributed by atoms with Gasteiger partial charge in [-0.15, -0.1) is 10.2 Å². The van der Waals surface area contributed by atoms with Gasteiger partial charge < -0.3 is 10.6 Å². The lowest BCUT2D eigenvalue weighted by molar-refractivity contribution is -0.118. The second kappa shape index (κ2) is 11.4. The number of aromatic nitrogens is 4. The van der Waals surface area contributed by atoms with Crippen LogP contribution in [0, 0.1) is 6.92 Å². The van der Waals surface area contributed by atoms with E-state index in [1.54, 1.807) is 16.6 Å². The number of amides is 2. The van der Waals surface area contributed by atoms with E-state index < -0.39 is 0 Å². The fourth-order valence-electron chi connectivity index (χ4n) is 3.33. The van der Waals surface area contributed by atoms with Gasteiger partial charge in [0.15, 0.2) is 11.5 Å². The SMILES string of the molecule is Cc1ccc(C(=O)NCCc2nnc3ccc(SCC(=O)NCCc4ccccc4)nn23)cc1. The van der Waals surface area contributed by atoms with Crippen LogP contribution in [-0.4, -0.2) is 50.5 Å². The van der Waals surface area contributed by atoms with Crippen molar-refractivity contribution in [1.29, 1.82) is 0 Å². The molecule has 8 nitrogen and oxygen atoms in total. The van der Waals surface area contributed by atoms with Gasteiger partial charge in [-0.25, -0.2) is 0 Å². The van der Waals surface area contributed by atoms with Crippen LogP contribution < -0.4 is 10.6 Å². The molecule has 2 aromatic carbocycles. The normalized spacial score (nSPS) is 10.9. The highest BCUT2D eigenvalue weighted by Crippen LogP contribution is 2.16. The minimum absolute atomic E-state index is 0.0365. The summed E-state index contributed by atoms with van der Waals surface area (Å²) in [6.45, 7) is 2.99. The van der Waals surface area contributed by atoms with Gasteiger partial charge in [0.25, 0.3) is 5.91 Å². The fraction of sp³-hybridized carbons (Fsp3) is 0.240. The van der Waals surface area contributed by atoms with Crippen molar-refractivity contribution in [1.82, 2.24) is 30.4 Å². The predicted octanol–water partition coefficient (Wildman–Crippen LogP) is 2.86. The zero-order valence-corrected chi connectivity index (χ0v) is 19.7. The molecule has 0 saturated carbocycles. The molecule has 0 aliphatic rings. The molecule has 2 N–H and O–H groups in total. The molecular weight excluding hydrogens is 448 g/mol. The Balaban J connectivity index is 1.26.